The van der Waals surface area contributed by atoms with Crippen LogP contribution in [0.2, 0.25) is 5.02 Å². The Morgan fingerprint density at radius 3 is 2.37 bits per heavy atom. The number of benzene rings is 3. The third-order valence-electron chi connectivity index (χ3n) is 4.65. The normalized spacial score (nSPS) is 13.9. The molecule has 3 rings (SSSR count). The van der Waals surface area contributed by atoms with Crippen LogP contribution in [-0.2, 0) is 9.53 Å². The lowest BCUT2D eigenvalue weighted by Crippen LogP contribution is -2.28. The van der Waals surface area contributed by atoms with Crippen molar-refractivity contribution < 1.29 is 18.9 Å². The van der Waals surface area contributed by atoms with E-state index < -0.39 is 26.3 Å². The van der Waals surface area contributed by atoms with Gasteiger partial charge in [0.25, 0.3) is 0 Å². The average Bonchev–Trinajstić information content (AvgIpc) is 2.74. The standard InChI is InChI=1S/C23H23ClNO4P/c1-15(2)21(23(26)28-16(3)17-9-5-4-6-10-17)25-30(27)29-22-19-12-8-7-11-18(19)13-14-20(22)24/h4-16,21H,1-3H3/t16-,21-/m0/s1. The minimum Gasteiger partial charge on any atom is -0.575 e. The van der Waals surface area contributed by atoms with Crippen molar-refractivity contribution in [3.8, 4) is 5.75 Å². The number of fused-ring (bicyclic) bond motifs is 1. The molecule has 3 aromatic carbocycles. The van der Waals surface area contributed by atoms with Gasteiger partial charge in [-0.05, 0) is 29.9 Å². The number of carbonyl (C=O) groups is 1. The number of hydrogen-bond donors (Lipinski definition) is 0. The number of rotatable bonds is 7. The van der Waals surface area contributed by atoms with E-state index >= 15 is 0 Å². The fourth-order valence-corrected chi connectivity index (χ4v) is 4.22. The number of carbonyl (C=O) groups excluding carboxylic acids is 1. The molecule has 3 atom stereocenters. The predicted molar refractivity (Wildman–Crippen MR) is 119 cm³/mol. The Balaban J connectivity index is 1.80. The van der Waals surface area contributed by atoms with E-state index in [1.54, 1.807) is 13.0 Å². The molecule has 0 aliphatic heterocycles. The van der Waals surface area contributed by atoms with Gasteiger partial charge in [0.05, 0.1) is 5.02 Å². The molecule has 0 aromatic heterocycles. The predicted octanol–water partition coefficient (Wildman–Crippen LogP) is 6.06. The molecule has 0 amide bonds. The maximum absolute atomic E-state index is 12.7. The van der Waals surface area contributed by atoms with Crippen molar-refractivity contribution in [2.75, 3.05) is 0 Å². The highest BCUT2D eigenvalue weighted by Gasteiger charge is 2.29. The number of nitrogens with zero attached hydrogens (tertiary/aromatic N) is 1. The van der Waals surface area contributed by atoms with E-state index in [9.17, 15) is 9.69 Å². The number of hydrogen-bond acceptors (Lipinski definition) is 5. The maximum Gasteiger partial charge on any atom is 0.395 e. The first-order valence-electron chi connectivity index (χ1n) is 9.65. The highest BCUT2D eigenvalue weighted by molar-refractivity contribution is 7.34. The van der Waals surface area contributed by atoms with Crippen LogP contribution < -0.4 is 9.42 Å². The molecule has 5 nitrogen and oxygen atoms in total. The summed E-state index contributed by atoms with van der Waals surface area (Å²) in [5.41, 5.74) is 0.872. The van der Waals surface area contributed by atoms with Gasteiger partial charge in [0, 0.05) is 5.39 Å². The van der Waals surface area contributed by atoms with Gasteiger partial charge in [-0.3, -0.25) is 4.52 Å². The Morgan fingerprint density at radius 1 is 1.00 bits per heavy atom. The first-order chi connectivity index (χ1) is 14.4. The van der Waals surface area contributed by atoms with Crippen molar-refractivity contribution in [1.82, 2.24) is 0 Å². The summed E-state index contributed by atoms with van der Waals surface area (Å²) in [5.74, 6) is -0.475. The Hall–Kier alpha value is -2.46. The molecule has 0 spiro atoms. The van der Waals surface area contributed by atoms with Crippen molar-refractivity contribution in [2.45, 2.75) is 32.9 Å². The van der Waals surface area contributed by atoms with E-state index in [0.29, 0.717) is 5.02 Å². The summed E-state index contributed by atoms with van der Waals surface area (Å²) in [6.07, 6.45) is -0.443. The fraction of sp³-hybridized carbons (Fsp3) is 0.261. The second-order valence-corrected chi connectivity index (χ2v) is 8.52. The molecule has 3 aromatic rings. The Kier molecular flexibility index (Phi) is 7.43. The molecular formula is C23H23ClNO4P. The zero-order valence-electron chi connectivity index (χ0n) is 17.0. The minimum absolute atomic E-state index is 0.217. The topological polar surface area (TPSA) is 71.0 Å². The lowest BCUT2D eigenvalue weighted by molar-refractivity contribution is -0.170. The largest absolute Gasteiger partial charge is 0.575 e. The van der Waals surface area contributed by atoms with Gasteiger partial charge in [0.2, 0.25) is 5.75 Å². The molecule has 0 saturated heterocycles. The zero-order valence-corrected chi connectivity index (χ0v) is 18.6. The van der Waals surface area contributed by atoms with Crippen LogP contribution in [0.3, 0.4) is 0 Å². The van der Waals surface area contributed by atoms with Gasteiger partial charge < -0.3 is 9.63 Å². The maximum atomic E-state index is 12.7. The molecule has 7 heteroatoms. The molecule has 0 aliphatic rings. The lowest BCUT2D eigenvalue weighted by atomic mass is 10.1. The summed E-state index contributed by atoms with van der Waals surface area (Å²) in [4.78, 5) is 25.4. The van der Waals surface area contributed by atoms with E-state index in [2.05, 4.69) is 4.74 Å². The molecule has 0 N–H and O–H groups in total. The summed E-state index contributed by atoms with van der Waals surface area (Å²) >= 11 is 6.26. The zero-order chi connectivity index (χ0) is 21.7. The summed E-state index contributed by atoms with van der Waals surface area (Å²) < 4.78 is 15.3. The smallest absolute Gasteiger partial charge is 0.395 e. The Labute approximate surface area is 182 Å². The molecule has 30 heavy (non-hydrogen) atoms. The van der Waals surface area contributed by atoms with Crippen molar-refractivity contribution in [3.63, 3.8) is 0 Å². The van der Waals surface area contributed by atoms with E-state index in [-0.39, 0.29) is 11.7 Å². The molecule has 0 saturated carbocycles. The molecule has 0 aliphatic carbocycles. The van der Waals surface area contributed by atoms with Gasteiger partial charge in [0.1, 0.15) is 6.10 Å². The third kappa shape index (κ3) is 5.37. The second kappa shape index (κ2) is 10.0. The third-order valence-corrected chi connectivity index (χ3v) is 5.73. The van der Waals surface area contributed by atoms with Gasteiger partial charge in [-0.25, -0.2) is 4.79 Å². The number of esters is 1. The van der Waals surface area contributed by atoms with Crippen molar-refractivity contribution in [2.24, 2.45) is 10.7 Å². The summed E-state index contributed by atoms with van der Waals surface area (Å²) in [6.45, 7) is 5.42. The van der Waals surface area contributed by atoms with E-state index in [1.165, 1.54) is 0 Å². The van der Waals surface area contributed by atoms with Crippen LogP contribution in [0, 0.1) is 5.92 Å². The van der Waals surface area contributed by atoms with Crippen LogP contribution >= 0.6 is 19.8 Å². The molecule has 1 unspecified atom stereocenters. The van der Waals surface area contributed by atoms with Crippen molar-refractivity contribution in [3.05, 3.63) is 77.3 Å². The van der Waals surface area contributed by atoms with Crippen LogP contribution in [0.15, 0.2) is 71.5 Å². The Morgan fingerprint density at radius 2 is 1.67 bits per heavy atom. The average molecular weight is 444 g/mol. The SMILES string of the molecule is CC(C)[C@H](N=[P+]([O-])Oc1c(Cl)ccc2ccccc12)C(=O)O[C@@H](C)c1ccccc1. The quantitative estimate of drug-likeness (QED) is 0.329. The first kappa shape index (κ1) is 22.2. The van der Waals surface area contributed by atoms with Crippen LogP contribution in [0.5, 0.6) is 5.75 Å². The lowest BCUT2D eigenvalue weighted by Gasteiger charge is -2.18. The fourth-order valence-electron chi connectivity index (χ4n) is 3.00. The van der Waals surface area contributed by atoms with Crippen LogP contribution in [0.25, 0.3) is 10.8 Å². The molecule has 156 valence electrons. The molecular weight excluding hydrogens is 421 g/mol. The molecule has 0 bridgehead atoms. The minimum atomic E-state index is -2.54. The van der Waals surface area contributed by atoms with E-state index in [0.717, 1.165) is 16.3 Å². The highest BCUT2D eigenvalue weighted by Crippen LogP contribution is 2.38. The van der Waals surface area contributed by atoms with Crippen LogP contribution in [0.4, 0.5) is 0 Å². The number of halogens is 1. The van der Waals surface area contributed by atoms with Gasteiger partial charge in [0.15, 0.2) is 6.04 Å². The molecule has 0 radical (unpaired) electrons. The summed E-state index contributed by atoms with van der Waals surface area (Å²) in [6, 6.07) is 19.5. The monoisotopic (exact) mass is 443 g/mol. The molecule has 0 heterocycles. The van der Waals surface area contributed by atoms with Gasteiger partial charge >= 0.3 is 14.1 Å². The van der Waals surface area contributed by atoms with Gasteiger partial charge in [-0.2, -0.15) is 0 Å². The van der Waals surface area contributed by atoms with Crippen molar-refractivity contribution in [1.29, 1.82) is 0 Å². The number of ether oxygens (including phenoxy) is 1. The summed E-state index contributed by atoms with van der Waals surface area (Å²) in [5, 5.41) is 1.95. The van der Waals surface area contributed by atoms with E-state index in [1.807, 2.05) is 74.5 Å². The highest BCUT2D eigenvalue weighted by atomic mass is 35.5. The molecule has 0 fully saturated rings. The van der Waals surface area contributed by atoms with Crippen LogP contribution in [-0.4, -0.2) is 12.0 Å². The first-order valence-corrected chi connectivity index (χ1v) is 11.2. The second-order valence-electron chi connectivity index (χ2n) is 7.22. The summed E-state index contributed by atoms with van der Waals surface area (Å²) in [7, 11) is -2.54. The van der Waals surface area contributed by atoms with E-state index in [4.69, 9.17) is 20.9 Å². The van der Waals surface area contributed by atoms with Gasteiger partial charge in [-0.15, -0.1) is 0 Å². The van der Waals surface area contributed by atoms with Crippen LogP contribution in [0.1, 0.15) is 32.4 Å². The van der Waals surface area contributed by atoms with Crippen molar-refractivity contribution >= 4 is 36.5 Å². The van der Waals surface area contributed by atoms with Gasteiger partial charge in [-0.1, -0.05) is 90.9 Å². The Bertz CT molecular complexity index is 1060.